The Morgan fingerprint density at radius 2 is 1.77 bits per heavy atom. The zero-order valence-electron chi connectivity index (χ0n) is 14.6. The Morgan fingerprint density at radius 1 is 1.04 bits per heavy atom. The Morgan fingerprint density at radius 3 is 2.58 bits per heavy atom. The van der Waals surface area contributed by atoms with Crippen LogP contribution in [-0.4, -0.2) is 24.7 Å². The molecule has 2 aromatic carbocycles. The molecule has 0 saturated carbocycles. The number of thiophene rings is 1. The average Bonchev–Trinajstić information content (AvgIpc) is 3.12. The molecule has 1 saturated heterocycles. The first-order chi connectivity index (χ1) is 12.8. The second-order valence-corrected chi connectivity index (χ2v) is 7.59. The minimum absolute atomic E-state index is 0.117. The number of likely N-dealkylation sites (tertiary alicyclic amines) is 1. The van der Waals surface area contributed by atoms with Crippen molar-refractivity contribution in [3.05, 3.63) is 71.1 Å². The summed E-state index contributed by atoms with van der Waals surface area (Å²) < 4.78 is 1.13. The van der Waals surface area contributed by atoms with E-state index in [0.29, 0.717) is 5.56 Å². The quantitative estimate of drug-likeness (QED) is 0.687. The van der Waals surface area contributed by atoms with Gasteiger partial charge in [0.05, 0.1) is 18.7 Å². The molecule has 0 bridgehead atoms. The maximum atomic E-state index is 12.5. The van der Waals surface area contributed by atoms with Crippen molar-refractivity contribution in [1.82, 2.24) is 5.43 Å². The van der Waals surface area contributed by atoms with Gasteiger partial charge in [0.2, 0.25) is 0 Å². The number of nitrogens with one attached hydrogen (secondary N) is 2. The summed E-state index contributed by atoms with van der Waals surface area (Å²) in [5, 5.41) is 7.30. The number of benzene rings is 2. The van der Waals surface area contributed by atoms with Crippen LogP contribution in [0.25, 0.3) is 10.1 Å². The number of carbonyl (C=O) groups is 1. The van der Waals surface area contributed by atoms with Crippen LogP contribution in [0.15, 0.2) is 65.1 Å². The number of carbonyl (C=O) groups excluding carboxylic acids is 1. The number of hydrazone groups is 1. The molecule has 0 spiro atoms. The fourth-order valence-electron chi connectivity index (χ4n) is 3.41. The van der Waals surface area contributed by atoms with Crippen molar-refractivity contribution >= 4 is 33.0 Å². The minimum atomic E-state index is -0.117. The highest BCUT2D eigenvalue weighted by molar-refractivity contribution is 7.17. The Kier molecular flexibility index (Phi) is 5.09. The summed E-state index contributed by atoms with van der Waals surface area (Å²) in [5.41, 5.74) is 5.94. The molecule has 1 amide bonds. The molecular weight excluding hydrogens is 342 g/mol. The molecule has 132 valence electrons. The Hall–Kier alpha value is -2.50. The molecule has 0 atom stereocenters. The lowest BCUT2D eigenvalue weighted by Crippen LogP contribution is -3.11. The van der Waals surface area contributed by atoms with Crippen molar-refractivity contribution in [1.29, 1.82) is 0 Å². The molecule has 2 heterocycles. The van der Waals surface area contributed by atoms with Gasteiger partial charge in [0.15, 0.2) is 0 Å². The van der Waals surface area contributed by atoms with Gasteiger partial charge in [-0.2, -0.15) is 5.10 Å². The van der Waals surface area contributed by atoms with Crippen molar-refractivity contribution < 1.29 is 9.69 Å². The van der Waals surface area contributed by atoms with E-state index in [2.05, 4.69) is 40.9 Å². The number of nitrogens with zero attached hydrogens (tertiary/aromatic N) is 1. The van der Waals surface area contributed by atoms with Gasteiger partial charge in [0.25, 0.3) is 5.91 Å². The molecule has 0 radical (unpaired) electrons. The molecule has 4 nitrogen and oxygen atoms in total. The fourth-order valence-corrected chi connectivity index (χ4v) is 4.35. The number of amides is 1. The summed E-state index contributed by atoms with van der Waals surface area (Å²) in [7, 11) is 0. The number of rotatable bonds is 4. The third-order valence-corrected chi connectivity index (χ3v) is 5.84. The predicted octanol–water partition coefficient (Wildman–Crippen LogP) is 2.87. The predicted molar refractivity (Wildman–Crippen MR) is 107 cm³/mol. The Bertz CT molecular complexity index is 923. The van der Waals surface area contributed by atoms with Gasteiger partial charge in [-0.25, -0.2) is 5.43 Å². The Labute approximate surface area is 157 Å². The van der Waals surface area contributed by atoms with Gasteiger partial charge in [-0.15, -0.1) is 11.3 Å². The van der Waals surface area contributed by atoms with Crippen molar-refractivity contribution in [3.63, 3.8) is 0 Å². The lowest BCUT2D eigenvalue weighted by Gasteiger charge is -2.24. The summed E-state index contributed by atoms with van der Waals surface area (Å²) >= 11 is 1.59. The summed E-state index contributed by atoms with van der Waals surface area (Å²) in [4.78, 5) is 14.0. The lowest BCUT2D eigenvalue weighted by molar-refractivity contribution is -0.914. The van der Waals surface area contributed by atoms with Crippen molar-refractivity contribution in [2.75, 3.05) is 13.1 Å². The second-order valence-electron chi connectivity index (χ2n) is 6.68. The van der Waals surface area contributed by atoms with E-state index < -0.39 is 0 Å². The normalized spacial score (nSPS) is 17.2. The average molecular weight is 364 g/mol. The highest BCUT2D eigenvalue weighted by Crippen LogP contribution is 2.25. The number of quaternary nitrogens is 1. The first kappa shape index (κ1) is 16.9. The summed E-state index contributed by atoms with van der Waals surface area (Å²) in [5.74, 6) is -0.117. The lowest BCUT2D eigenvalue weighted by atomic mass is 10.1. The molecule has 1 aliphatic rings. The molecule has 1 fully saturated rings. The van der Waals surface area contributed by atoms with Crippen LogP contribution in [0, 0.1) is 0 Å². The van der Waals surface area contributed by atoms with Gasteiger partial charge in [-0.3, -0.25) is 4.79 Å². The fraction of sp³-hybridized carbons (Fsp3) is 0.238. The molecule has 0 unspecified atom stereocenters. The van der Waals surface area contributed by atoms with E-state index in [-0.39, 0.29) is 5.91 Å². The van der Waals surface area contributed by atoms with Crippen LogP contribution in [0.2, 0.25) is 0 Å². The molecule has 2 N–H and O–H groups in total. The topological polar surface area (TPSA) is 45.9 Å². The van der Waals surface area contributed by atoms with Crippen molar-refractivity contribution in [2.45, 2.75) is 19.4 Å². The van der Waals surface area contributed by atoms with Crippen LogP contribution < -0.4 is 10.3 Å². The zero-order valence-corrected chi connectivity index (χ0v) is 15.4. The maximum Gasteiger partial charge on any atom is 0.272 e. The van der Waals surface area contributed by atoms with Gasteiger partial charge in [0.1, 0.15) is 6.54 Å². The Balaban J connectivity index is 1.33. The SMILES string of the molecule is O=C(NN=C1CC[NH+](Cc2ccccc2)CC1)c1csc2ccccc12. The van der Waals surface area contributed by atoms with Crippen molar-refractivity contribution in [2.24, 2.45) is 5.10 Å². The van der Waals surface area contributed by atoms with Crippen LogP contribution in [0.5, 0.6) is 0 Å². The molecule has 0 aliphatic carbocycles. The van der Waals surface area contributed by atoms with E-state index >= 15 is 0 Å². The molecule has 1 aromatic heterocycles. The third kappa shape index (κ3) is 3.84. The van der Waals surface area contributed by atoms with Crippen LogP contribution in [0.3, 0.4) is 0 Å². The standard InChI is InChI=1S/C21H21N3OS/c25-21(19-15-26-20-9-5-4-8-18(19)20)23-22-17-10-12-24(13-11-17)14-16-6-2-1-3-7-16/h1-9,15H,10-14H2,(H,23,25)/p+1. The van der Waals surface area contributed by atoms with Crippen LogP contribution in [-0.2, 0) is 6.54 Å². The molecule has 26 heavy (non-hydrogen) atoms. The van der Waals surface area contributed by atoms with Crippen LogP contribution in [0.1, 0.15) is 28.8 Å². The zero-order chi connectivity index (χ0) is 17.8. The van der Waals surface area contributed by atoms with Crippen molar-refractivity contribution in [3.8, 4) is 0 Å². The number of piperidine rings is 1. The van der Waals surface area contributed by atoms with Gasteiger partial charge in [-0.1, -0.05) is 48.5 Å². The van der Waals surface area contributed by atoms with E-state index in [0.717, 1.165) is 48.3 Å². The largest absolute Gasteiger partial charge is 0.331 e. The summed E-state index contributed by atoms with van der Waals surface area (Å²) in [6.45, 7) is 3.18. The maximum absolute atomic E-state index is 12.5. The van der Waals surface area contributed by atoms with Gasteiger partial charge < -0.3 is 4.90 Å². The molecule has 4 rings (SSSR count). The highest BCUT2D eigenvalue weighted by Gasteiger charge is 2.19. The molecule has 1 aliphatic heterocycles. The van der Waals surface area contributed by atoms with E-state index in [1.54, 1.807) is 16.2 Å². The smallest absolute Gasteiger partial charge is 0.272 e. The molecule has 5 heteroatoms. The summed E-state index contributed by atoms with van der Waals surface area (Å²) in [6, 6.07) is 18.6. The van der Waals surface area contributed by atoms with Crippen LogP contribution >= 0.6 is 11.3 Å². The van der Waals surface area contributed by atoms with E-state index in [9.17, 15) is 4.79 Å². The van der Waals surface area contributed by atoms with E-state index in [1.165, 1.54) is 5.56 Å². The number of fused-ring (bicyclic) bond motifs is 1. The van der Waals surface area contributed by atoms with Gasteiger partial charge >= 0.3 is 0 Å². The number of hydrogen-bond acceptors (Lipinski definition) is 3. The monoisotopic (exact) mass is 364 g/mol. The van der Waals surface area contributed by atoms with Gasteiger partial charge in [0, 0.05) is 39.6 Å². The third-order valence-electron chi connectivity index (χ3n) is 4.87. The highest BCUT2D eigenvalue weighted by atomic mass is 32.1. The number of hydrogen-bond donors (Lipinski definition) is 2. The first-order valence-corrected chi connectivity index (χ1v) is 9.87. The molecule has 3 aromatic rings. The minimum Gasteiger partial charge on any atom is -0.331 e. The first-order valence-electron chi connectivity index (χ1n) is 8.99. The van der Waals surface area contributed by atoms with Gasteiger partial charge in [-0.05, 0) is 6.07 Å². The second kappa shape index (κ2) is 7.81. The van der Waals surface area contributed by atoms with Crippen LogP contribution in [0.4, 0.5) is 0 Å². The molecular formula is C21H22N3OS+. The van der Waals surface area contributed by atoms with E-state index in [4.69, 9.17) is 0 Å². The summed E-state index contributed by atoms with van der Waals surface area (Å²) in [6.07, 6.45) is 1.87. The van der Waals surface area contributed by atoms with E-state index in [1.807, 2.05) is 29.6 Å².